The van der Waals surface area contributed by atoms with Crippen molar-refractivity contribution < 1.29 is 4.74 Å². The van der Waals surface area contributed by atoms with Crippen LogP contribution in [0.5, 0.6) is 0 Å². The van der Waals surface area contributed by atoms with Gasteiger partial charge in [-0.05, 0) is 13.3 Å². The predicted molar refractivity (Wildman–Crippen MR) is 59.6 cm³/mol. The fraction of sp³-hybridized carbons (Fsp3) is 1.00. The van der Waals surface area contributed by atoms with E-state index in [1.165, 1.54) is 19.4 Å². The third-order valence-electron chi connectivity index (χ3n) is 2.65. The highest BCUT2D eigenvalue weighted by molar-refractivity contribution is 4.74. The molecule has 0 aromatic carbocycles. The van der Waals surface area contributed by atoms with Crippen LogP contribution < -0.4 is 5.32 Å². The van der Waals surface area contributed by atoms with E-state index in [-0.39, 0.29) is 0 Å². The Morgan fingerprint density at radius 1 is 1.43 bits per heavy atom. The molecule has 14 heavy (non-hydrogen) atoms. The zero-order chi connectivity index (χ0) is 10.2. The maximum Gasteiger partial charge on any atom is 0.0593 e. The second kappa shape index (κ2) is 7.21. The van der Waals surface area contributed by atoms with Crippen molar-refractivity contribution in [3.63, 3.8) is 0 Å². The molecule has 0 aromatic rings. The molecular formula is C11H24N2O. The minimum Gasteiger partial charge on any atom is -0.380 e. The Labute approximate surface area is 87.8 Å². The molecule has 1 N–H and O–H groups in total. The van der Waals surface area contributed by atoms with Gasteiger partial charge in [-0.25, -0.2) is 0 Å². The molecule has 1 aliphatic heterocycles. The normalized spacial score (nSPS) is 24.0. The lowest BCUT2D eigenvalue weighted by atomic mass is 10.2. The van der Waals surface area contributed by atoms with Gasteiger partial charge < -0.3 is 10.1 Å². The first-order valence-electron chi connectivity index (χ1n) is 5.86. The Morgan fingerprint density at radius 3 is 3.00 bits per heavy atom. The summed E-state index contributed by atoms with van der Waals surface area (Å²) in [7, 11) is 0. The number of rotatable bonds is 6. The maximum absolute atomic E-state index is 5.55. The molecule has 3 heteroatoms. The fourth-order valence-corrected chi connectivity index (χ4v) is 1.76. The Balaban J connectivity index is 1.95. The number of piperazine rings is 1. The Hall–Kier alpha value is -0.120. The molecule has 0 unspecified atom stereocenters. The Bertz CT molecular complexity index is 141. The van der Waals surface area contributed by atoms with Crippen LogP contribution in [0.2, 0.25) is 0 Å². The van der Waals surface area contributed by atoms with Crippen molar-refractivity contribution in [2.45, 2.75) is 32.7 Å². The topological polar surface area (TPSA) is 24.5 Å². The monoisotopic (exact) mass is 200 g/mol. The smallest absolute Gasteiger partial charge is 0.0593 e. The fourth-order valence-electron chi connectivity index (χ4n) is 1.76. The summed E-state index contributed by atoms with van der Waals surface area (Å²) in [5, 5.41) is 3.44. The lowest BCUT2D eigenvalue weighted by molar-refractivity contribution is 0.0914. The number of ether oxygens (including phenoxy) is 1. The molecule has 0 saturated carbocycles. The summed E-state index contributed by atoms with van der Waals surface area (Å²) in [4.78, 5) is 2.48. The van der Waals surface area contributed by atoms with E-state index >= 15 is 0 Å². The van der Waals surface area contributed by atoms with Crippen LogP contribution in [0, 0.1) is 0 Å². The summed E-state index contributed by atoms with van der Waals surface area (Å²) in [5.41, 5.74) is 0. The van der Waals surface area contributed by atoms with Crippen LogP contribution in [0.3, 0.4) is 0 Å². The van der Waals surface area contributed by atoms with Crippen LogP contribution in [0.1, 0.15) is 26.7 Å². The zero-order valence-corrected chi connectivity index (χ0v) is 9.59. The molecule has 3 nitrogen and oxygen atoms in total. The van der Waals surface area contributed by atoms with Gasteiger partial charge in [-0.2, -0.15) is 0 Å². The molecule has 1 aliphatic rings. The lowest BCUT2D eigenvalue weighted by Gasteiger charge is -2.31. The highest BCUT2D eigenvalue weighted by Crippen LogP contribution is 1.98. The van der Waals surface area contributed by atoms with Gasteiger partial charge in [0.15, 0.2) is 0 Å². The van der Waals surface area contributed by atoms with Crippen molar-refractivity contribution in [2.24, 2.45) is 0 Å². The van der Waals surface area contributed by atoms with Crippen LogP contribution in [0.4, 0.5) is 0 Å². The van der Waals surface area contributed by atoms with Gasteiger partial charge in [0.2, 0.25) is 0 Å². The summed E-state index contributed by atoms with van der Waals surface area (Å²) in [6, 6.07) is 0.638. The summed E-state index contributed by atoms with van der Waals surface area (Å²) < 4.78 is 5.55. The van der Waals surface area contributed by atoms with Crippen LogP contribution in [0.15, 0.2) is 0 Å². The second-order valence-electron chi connectivity index (χ2n) is 4.12. The minimum atomic E-state index is 0.638. The molecule has 0 bridgehead atoms. The third-order valence-corrected chi connectivity index (χ3v) is 2.65. The average molecular weight is 200 g/mol. The van der Waals surface area contributed by atoms with E-state index in [0.29, 0.717) is 6.04 Å². The summed E-state index contributed by atoms with van der Waals surface area (Å²) in [6.07, 6.45) is 2.42. The lowest BCUT2D eigenvalue weighted by Crippen LogP contribution is -2.49. The first-order chi connectivity index (χ1) is 6.83. The van der Waals surface area contributed by atoms with E-state index in [2.05, 4.69) is 24.1 Å². The van der Waals surface area contributed by atoms with Gasteiger partial charge in [0.1, 0.15) is 0 Å². The maximum atomic E-state index is 5.55. The average Bonchev–Trinajstić information content (AvgIpc) is 2.18. The minimum absolute atomic E-state index is 0.638. The van der Waals surface area contributed by atoms with Crippen molar-refractivity contribution in [1.82, 2.24) is 10.2 Å². The van der Waals surface area contributed by atoms with Gasteiger partial charge in [0.25, 0.3) is 0 Å². The van der Waals surface area contributed by atoms with Gasteiger partial charge >= 0.3 is 0 Å². The number of nitrogens with zero attached hydrogens (tertiary/aromatic N) is 1. The van der Waals surface area contributed by atoms with E-state index in [4.69, 9.17) is 4.74 Å². The number of hydrogen-bond donors (Lipinski definition) is 1. The summed E-state index contributed by atoms with van der Waals surface area (Å²) in [6.45, 7) is 10.8. The van der Waals surface area contributed by atoms with E-state index in [0.717, 1.165) is 32.8 Å². The SMILES string of the molecule is CCCCOCCN1CCN[C@H](C)C1. The van der Waals surface area contributed by atoms with E-state index in [1.54, 1.807) is 0 Å². The van der Waals surface area contributed by atoms with Crippen molar-refractivity contribution >= 4 is 0 Å². The molecule has 1 rings (SSSR count). The van der Waals surface area contributed by atoms with Crippen molar-refractivity contribution in [2.75, 3.05) is 39.4 Å². The van der Waals surface area contributed by atoms with Gasteiger partial charge in [-0.3, -0.25) is 4.90 Å². The van der Waals surface area contributed by atoms with Gasteiger partial charge in [0, 0.05) is 38.8 Å². The van der Waals surface area contributed by atoms with Gasteiger partial charge in [-0.1, -0.05) is 13.3 Å². The molecular weight excluding hydrogens is 176 g/mol. The predicted octanol–water partition coefficient (Wildman–Crippen LogP) is 1.10. The number of nitrogens with one attached hydrogen (secondary N) is 1. The van der Waals surface area contributed by atoms with Crippen molar-refractivity contribution in [1.29, 1.82) is 0 Å². The standard InChI is InChI=1S/C11H24N2O/c1-3-4-8-14-9-7-13-6-5-12-11(2)10-13/h11-12H,3-10H2,1-2H3/t11-/m1/s1. The van der Waals surface area contributed by atoms with E-state index in [1.807, 2.05) is 0 Å². The third kappa shape index (κ3) is 4.94. The molecule has 0 aliphatic carbocycles. The number of unbranched alkanes of at least 4 members (excludes halogenated alkanes) is 1. The van der Waals surface area contributed by atoms with E-state index < -0.39 is 0 Å². The quantitative estimate of drug-likeness (QED) is 0.650. The molecule has 0 radical (unpaired) electrons. The first-order valence-corrected chi connectivity index (χ1v) is 5.86. The molecule has 0 spiro atoms. The second-order valence-corrected chi connectivity index (χ2v) is 4.12. The molecule has 1 saturated heterocycles. The van der Waals surface area contributed by atoms with Crippen LogP contribution in [0.25, 0.3) is 0 Å². The van der Waals surface area contributed by atoms with Crippen molar-refractivity contribution in [3.05, 3.63) is 0 Å². The van der Waals surface area contributed by atoms with Crippen LogP contribution >= 0.6 is 0 Å². The van der Waals surface area contributed by atoms with E-state index in [9.17, 15) is 0 Å². The Kier molecular flexibility index (Phi) is 6.15. The first kappa shape index (κ1) is 12.0. The highest BCUT2D eigenvalue weighted by Gasteiger charge is 2.14. The molecule has 84 valence electrons. The zero-order valence-electron chi connectivity index (χ0n) is 9.59. The van der Waals surface area contributed by atoms with Gasteiger partial charge in [0.05, 0.1) is 6.61 Å². The molecule has 1 fully saturated rings. The van der Waals surface area contributed by atoms with Crippen LogP contribution in [-0.2, 0) is 4.74 Å². The largest absolute Gasteiger partial charge is 0.380 e. The molecule has 1 atom stereocenters. The molecule has 0 aromatic heterocycles. The summed E-state index contributed by atoms with van der Waals surface area (Å²) >= 11 is 0. The summed E-state index contributed by atoms with van der Waals surface area (Å²) in [5.74, 6) is 0. The molecule has 1 heterocycles. The van der Waals surface area contributed by atoms with Crippen LogP contribution in [-0.4, -0.2) is 50.3 Å². The van der Waals surface area contributed by atoms with Crippen molar-refractivity contribution in [3.8, 4) is 0 Å². The highest BCUT2D eigenvalue weighted by atomic mass is 16.5. The molecule has 0 amide bonds. The van der Waals surface area contributed by atoms with Gasteiger partial charge in [-0.15, -0.1) is 0 Å². The Morgan fingerprint density at radius 2 is 2.29 bits per heavy atom. The number of hydrogen-bond acceptors (Lipinski definition) is 3.